The molecule has 5 aliphatic rings. The van der Waals surface area contributed by atoms with Crippen LogP contribution in [0.25, 0.3) is 0 Å². The number of rotatable bonds is 3. The fourth-order valence-electron chi connectivity index (χ4n) is 8.15. The van der Waals surface area contributed by atoms with Gasteiger partial charge < -0.3 is 32.3 Å². The number of piperidine rings is 1. The van der Waals surface area contributed by atoms with E-state index in [0.29, 0.717) is 24.8 Å². The molecule has 206 valence electrons. The van der Waals surface area contributed by atoms with E-state index in [9.17, 15) is 9.18 Å². The van der Waals surface area contributed by atoms with Gasteiger partial charge in [0.1, 0.15) is 6.17 Å². The van der Waals surface area contributed by atoms with Gasteiger partial charge in [0.15, 0.2) is 0 Å². The molecule has 2 bridgehead atoms. The molecule has 36 heavy (non-hydrogen) atoms. The van der Waals surface area contributed by atoms with Crippen molar-refractivity contribution in [2.24, 2.45) is 34.8 Å². The quantitative estimate of drug-likeness (QED) is 0.302. The maximum absolute atomic E-state index is 14.8. The van der Waals surface area contributed by atoms with E-state index in [-0.39, 0.29) is 29.4 Å². The normalized spacial score (nSPS) is 45.2. The molecular formula is C27H50FN7O. The van der Waals surface area contributed by atoms with E-state index in [2.05, 4.69) is 38.8 Å². The summed E-state index contributed by atoms with van der Waals surface area (Å²) >= 11 is 0. The van der Waals surface area contributed by atoms with Gasteiger partial charge in [-0.2, -0.15) is 0 Å². The Morgan fingerprint density at radius 1 is 1.00 bits per heavy atom. The first-order valence-electron chi connectivity index (χ1n) is 14.8. The molecule has 5 rings (SSSR count). The van der Waals surface area contributed by atoms with E-state index >= 15 is 0 Å². The first kappa shape index (κ1) is 26.8. The third-order valence-electron chi connectivity index (χ3n) is 10.3. The Labute approximate surface area is 216 Å². The van der Waals surface area contributed by atoms with E-state index in [0.717, 1.165) is 70.9 Å². The Hall–Kier alpha value is -0.840. The second-order valence-corrected chi connectivity index (χ2v) is 12.7. The van der Waals surface area contributed by atoms with Crippen LogP contribution in [0.5, 0.6) is 0 Å². The van der Waals surface area contributed by atoms with Crippen molar-refractivity contribution in [2.45, 2.75) is 95.2 Å². The van der Waals surface area contributed by atoms with Crippen molar-refractivity contribution in [3.63, 3.8) is 0 Å². The molecule has 0 aromatic heterocycles. The van der Waals surface area contributed by atoms with E-state index in [1.807, 2.05) is 0 Å². The monoisotopic (exact) mass is 507 g/mol. The molecule has 1 saturated carbocycles. The van der Waals surface area contributed by atoms with Gasteiger partial charge in [0.25, 0.3) is 0 Å². The Balaban J connectivity index is 1.36. The predicted molar refractivity (Wildman–Crippen MR) is 141 cm³/mol. The Bertz CT molecular complexity index is 737. The summed E-state index contributed by atoms with van der Waals surface area (Å²) in [4.78, 5) is 14.0. The lowest BCUT2D eigenvalue weighted by Gasteiger charge is -2.41. The average molecular weight is 508 g/mol. The van der Waals surface area contributed by atoms with Crippen molar-refractivity contribution in [1.82, 2.24) is 31.9 Å². The van der Waals surface area contributed by atoms with Crippen molar-refractivity contribution in [3.05, 3.63) is 0 Å². The fraction of sp³-hybridized carbons (Fsp3) is 0.963. The SMILES string of the molecule is CC1CCCC2(CC1)CC1NCC(F)CCC2NC(N)C1C(=O)NC1CNCCC1C1CNCNC1. The Kier molecular flexibility index (Phi) is 8.85. The van der Waals surface area contributed by atoms with Crippen LogP contribution in [0, 0.1) is 29.1 Å². The van der Waals surface area contributed by atoms with Crippen LogP contribution in [0.4, 0.5) is 4.39 Å². The molecule has 4 aliphatic heterocycles. The van der Waals surface area contributed by atoms with Crippen LogP contribution in [0.1, 0.15) is 64.7 Å². The molecule has 0 aromatic rings. The largest absolute Gasteiger partial charge is 0.351 e. The van der Waals surface area contributed by atoms with Gasteiger partial charge in [-0.15, -0.1) is 0 Å². The minimum absolute atomic E-state index is 0.0247. The van der Waals surface area contributed by atoms with Crippen LogP contribution in [0.2, 0.25) is 0 Å². The standard InChI is InChI=1S/C27H50FN7O/c1-17-3-2-8-27(9-6-17)11-21-24(25(29)35-23(27)5-4-19(28)14-33-21)26(36)34-22-15-30-10-7-20(22)18-12-31-16-32-13-18/h17-25,30-33,35H,2-16,29H2,1H3,(H,34,36). The summed E-state index contributed by atoms with van der Waals surface area (Å²) in [6, 6.07) is 0.134. The highest BCUT2D eigenvalue weighted by Crippen LogP contribution is 2.47. The molecule has 9 heteroatoms. The number of hydrogen-bond donors (Lipinski definition) is 7. The fourth-order valence-corrected chi connectivity index (χ4v) is 8.15. The summed E-state index contributed by atoms with van der Waals surface area (Å²) in [5.41, 5.74) is 6.90. The number of hydrogen-bond acceptors (Lipinski definition) is 7. The molecule has 1 spiro atoms. The lowest BCUT2D eigenvalue weighted by atomic mass is 9.68. The second-order valence-electron chi connectivity index (χ2n) is 12.7. The highest BCUT2D eigenvalue weighted by molar-refractivity contribution is 5.80. The van der Waals surface area contributed by atoms with Crippen LogP contribution in [0.3, 0.4) is 0 Å². The van der Waals surface area contributed by atoms with Gasteiger partial charge >= 0.3 is 0 Å². The Morgan fingerprint density at radius 3 is 2.67 bits per heavy atom. The molecule has 0 aromatic carbocycles. The lowest BCUT2D eigenvalue weighted by Crippen LogP contribution is -2.62. The predicted octanol–water partition coefficient (Wildman–Crippen LogP) is 0.787. The highest BCUT2D eigenvalue weighted by Gasteiger charge is 2.50. The minimum Gasteiger partial charge on any atom is -0.351 e. The van der Waals surface area contributed by atoms with Crippen molar-refractivity contribution in [1.29, 1.82) is 0 Å². The summed E-state index contributed by atoms with van der Waals surface area (Å²) in [7, 11) is 0. The first-order chi connectivity index (χ1) is 17.4. The van der Waals surface area contributed by atoms with Crippen LogP contribution < -0.4 is 37.6 Å². The maximum atomic E-state index is 14.8. The van der Waals surface area contributed by atoms with Crippen molar-refractivity contribution in [2.75, 3.05) is 39.4 Å². The van der Waals surface area contributed by atoms with Crippen LogP contribution >= 0.6 is 0 Å². The van der Waals surface area contributed by atoms with Crippen LogP contribution in [-0.4, -0.2) is 75.8 Å². The molecule has 8 nitrogen and oxygen atoms in total. The zero-order valence-corrected chi connectivity index (χ0v) is 22.2. The van der Waals surface area contributed by atoms with Gasteiger partial charge in [0.05, 0.1) is 12.1 Å². The molecule has 9 atom stereocenters. The molecule has 0 radical (unpaired) electrons. The zero-order valence-electron chi connectivity index (χ0n) is 22.2. The second kappa shape index (κ2) is 11.9. The topological polar surface area (TPSA) is 115 Å². The summed E-state index contributed by atoms with van der Waals surface area (Å²) in [5, 5.41) is 21.1. The third kappa shape index (κ3) is 5.91. The summed E-state index contributed by atoms with van der Waals surface area (Å²) in [6.07, 6.45) is 7.94. The molecule has 4 heterocycles. The maximum Gasteiger partial charge on any atom is 0.227 e. The van der Waals surface area contributed by atoms with Gasteiger partial charge in [-0.25, -0.2) is 4.39 Å². The van der Waals surface area contributed by atoms with Gasteiger partial charge in [-0.1, -0.05) is 26.2 Å². The molecule has 4 saturated heterocycles. The van der Waals surface area contributed by atoms with Crippen molar-refractivity contribution < 1.29 is 9.18 Å². The number of halogens is 1. The summed E-state index contributed by atoms with van der Waals surface area (Å²) in [5.74, 6) is 1.26. The lowest BCUT2D eigenvalue weighted by molar-refractivity contribution is -0.128. The minimum atomic E-state index is -0.882. The van der Waals surface area contributed by atoms with Gasteiger partial charge in [0.2, 0.25) is 5.91 Å². The number of amides is 1. The highest BCUT2D eigenvalue weighted by atomic mass is 19.1. The average Bonchev–Trinajstić information content (AvgIpc) is 3.11. The summed E-state index contributed by atoms with van der Waals surface area (Å²) in [6.45, 7) is 7.27. The number of carbonyl (C=O) groups is 1. The Morgan fingerprint density at radius 2 is 1.83 bits per heavy atom. The molecule has 9 unspecified atom stereocenters. The molecular weight excluding hydrogens is 457 g/mol. The van der Waals surface area contributed by atoms with E-state index in [1.165, 1.54) is 19.3 Å². The van der Waals surface area contributed by atoms with E-state index < -0.39 is 18.3 Å². The first-order valence-corrected chi connectivity index (χ1v) is 14.8. The van der Waals surface area contributed by atoms with Crippen LogP contribution in [0.15, 0.2) is 0 Å². The number of alkyl halides is 1. The van der Waals surface area contributed by atoms with Crippen molar-refractivity contribution >= 4 is 5.91 Å². The number of nitrogens with one attached hydrogen (secondary N) is 6. The number of fused-ring (bicyclic) bond motifs is 1. The zero-order chi connectivity index (χ0) is 25.1. The number of nitrogens with two attached hydrogens (primary N) is 1. The third-order valence-corrected chi connectivity index (χ3v) is 10.3. The van der Waals surface area contributed by atoms with E-state index in [1.54, 1.807) is 0 Å². The van der Waals surface area contributed by atoms with Gasteiger partial charge in [-0.05, 0) is 68.2 Å². The molecule has 8 N–H and O–H groups in total. The molecule has 1 aliphatic carbocycles. The number of carbonyl (C=O) groups excluding carboxylic acids is 1. The van der Waals surface area contributed by atoms with Crippen molar-refractivity contribution in [3.8, 4) is 0 Å². The molecule has 5 fully saturated rings. The van der Waals surface area contributed by atoms with Crippen LogP contribution in [-0.2, 0) is 4.79 Å². The van der Waals surface area contributed by atoms with Gasteiger partial charge in [-0.3, -0.25) is 10.1 Å². The smallest absolute Gasteiger partial charge is 0.227 e. The summed E-state index contributed by atoms with van der Waals surface area (Å²) < 4.78 is 14.8. The molecule has 1 amide bonds. The van der Waals surface area contributed by atoms with Gasteiger partial charge in [0, 0.05) is 51.0 Å². The van der Waals surface area contributed by atoms with E-state index in [4.69, 9.17) is 5.73 Å².